The molecule has 4 rings (SSSR count). The van der Waals surface area contributed by atoms with Gasteiger partial charge in [-0.1, -0.05) is 30.3 Å². The number of benzene rings is 2. The summed E-state index contributed by atoms with van der Waals surface area (Å²) >= 11 is 0. The number of nitrogens with zero attached hydrogens (tertiary/aromatic N) is 3. The van der Waals surface area contributed by atoms with E-state index < -0.39 is 29.4 Å². The summed E-state index contributed by atoms with van der Waals surface area (Å²) in [5, 5.41) is 9.63. The summed E-state index contributed by atoms with van der Waals surface area (Å²) in [5.74, 6) is -0.575. The first-order chi connectivity index (χ1) is 17.8. The maximum atomic E-state index is 14.0. The lowest BCUT2D eigenvalue weighted by Crippen LogP contribution is -2.50. The minimum absolute atomic E-state index is 0.0857. The van der Waals surface area contributed by atoms with E-state index in [-0.39, 0.29) is 30.7 Å². The smallest absolute Gasteiger partial charge is 0.433 e. The maximum Gasteiger partial charge on any atom is 0.433 e. The Hall–Kier alpha value is -4.08. The summed E-state index contributed by atoms with van der Waals surface area (Å²) in [7, 11) is 0. The van der Waals surface area contributed by atoms with Crippen molar-refractivity contribution in [2.75, 3.05) is 18.0 Å². The molecule has 10 heteroatoms. The lowest BCUT2D eigenvalue weighted by atomic mass is 9.86. The van der Waals surface area contributed by atoms with Gasteiger partial charge in [-0.05, 0) is 62.7 Å². The number of carbonyl (C=O) groups is 2. The topological polar surface area (TPSA) is 83.0 Å². The predicted molar refractivity (Wildman–Crippen MR) is 135 cm³/mol. The van der Waals surface area contributed by atoms with Gasteiger partial charge in [-0.3, -0.25) is 4.79 Å². The van der Waals surface area contributed by atoms with Crippen LogP contribution in [0.15, 0.2) is 72.9 Å². The van der Waals surface area contributed by atoms with E-state index in [9.17, 15) is 27.9 Å². The molecule has 2 atom stereocenters. The van der Waals surface area contributed by atoms with E-state index in [4.69, 9.17) is 4.74 Å². The number of pyridine rings is 1. The van der Waals surface area contributed by atoms with Crippen molar-refractivity contribution in [2.24, 2.45) is 5.92 Å². The zero-order valence-corrected chi connectivity index (χ0v) is 21.1. The third-order valence-corrected chi connectivity index (χ3v) is 6.38. The summed E-state index contributed by atoms with van der Waals surface area (Å²) < 4.78 is 43.9. The number of aromatic nitrogens is 1. The van der Waals surface area contributed by atoms with E-state index in [2.05, 4.69) is 4.98 Å². The van der Waals surface area contributed by atoms with E-state index in [0.29, 0.717) is 11.4 Å². The average Bonchev–Trinajstić information content (AvgIpc) is 3.31. The molecule has 1 aliphatic rings. The molecular weight excluding hydrogens is 499 g/mol. The molecule has 1 N–H and O–H groups in total. The molecule has 3 aromatic rings. The van der Waals surface area contributed by atoms with Crippen LogP contribution < -0.4 is 9.64 Å². The molecule has 1 fully saturated rings. The van der Waals surface area contributed by atoms with E-state index in [1.165, 1.54) is 11.0 Å². The summed E-state index contributed by atoms with van der Waals surface area (Å²) in [6, 6.07) is 18.1. The summed E-state index contributed by atoms with van der Waals surface area (Å²) in [4.78, 5) is 32.1. The molecule has 0 spiro atoms. The van der Waals surface area contributed by atoms with Crippen molar-refractivity contribution in [1.82, 2.24) is 9.88 Å². The Morgan fingerprint density at radius 3 is 2.11 bits per heavy atom. The highest BCUT2D eigenvalue weighted by Gasteiger charge is 2.44. The number of ether oxygens (including phenoxy) is 1. The highest BCUT2D eigenvalue weighted by Crippen LogP contribution is 2.38. The fraction of sp³-hybridized carbons (Fsp3) is 0.321. The van der Waals surface area contributed by atoms with Crippen LogP contribution in [0.5, 0.6) is 11.5 Å². The van der Waals surface area contributed by atoms with Crippen LogP contribution in [0.25, 0.3) is 0 Å². The number of likely N-dealkylation sites (tertiary alicyclic amines) is 1. The number of amides is 2. The van der Waals surface area contributed by atoms with Crippen molar-refractivity contribution in [2.45, 2.75) is 38.4 Å². The van der Waals surface area contributed by atoms with Gasteiger partial charge in [0.2, 0.25) is 5.91 Å². The molecule has 0 radical (unpaired) electrons. The van der Waals surface area contributed by atoms with Crippen LogP contribution in [0.3, 0.4) is 0 Å². The average molecular weight is 528 g/mol. The van der Waals surface area contributed by atoms with Gasteiger partial charge in [-0.25, -0.2) is 9.78 Å². The van der Waals surface area contributed by atoms with Crippen LogP contribution in [0.4, 0.5) is 23.7 Å². The standard InChI is InChI=1S/C28H28F3N3O4/c1-27(2,3)34(25(35)23-17-33(26(36)37)16-22(23)18-7-5-4-6-8-18)19-9-11-20(12-10-19)38-21-13-14-24(32-15-21)28(29,30)31/h4-15,22-23H,16-17H2,1-3H3,(H,36,37). The molecule has 0 aliphatic carbocycles. The molecule has 2 aromatic carbocycles. The molecule has 200 valence electrons. The lowest BCUT2D eigenvalue weighted by Gasteiger charge is -2.38. The molecule has 1 aromatic heterocycles. The number of halogens is 3. The molecule has 2 unspecified atom stereocenters. The number of rotatable bonds is 5. The highest BCUT2D eigenvalue weighted by molar-refractivity contribution is 5.97. The Labute approximate surface area is 218 Å². The molecule has 2 heterocycles. The van der Waals surface area contributed by atoms with Crippen LogP contribution in [0.1, 0.15) is 37.9 Å². The van der Waals surface area contributed by atoms with E-state index in [1.54, 1.807) is 29.2 Å². The van der Waals surface area contributed by atoms with Crippen molar-refractivity contribution >= 4 is 17.7 Å². The predicted octanol–water partition coefficient (Wildman–Crippen LogP) is 6.42. The van der Waals surface area contributed by atoms with E-state index >= 15 is 0 Å². The van der Waals surface area contributed by atoms with Crippen molar-refractivity contribution < 1.29 is 32.6 Å². The normalized spacial score (nSPS) is 17.8. The summed E-state index contributed by atoms with van der Waals surface area (Å²) in [5.41, 5.74) is -0.158. The van der Waals surface area contributed by atoms with Crippen LogP contribution in [0.2, 0.25) is 0 Å². The molecule has 0 bridgehead atoms. The molecule has 7 nitrogen and oxygen atoms in total. The van der Waals surface area contributed by atoms with Crippen LogP contribution in [0, 0.1) is 5.92 Å². The van der Waals surface area contributed by atoms with Gasteiger partial charge in [-0.15, -0.1) is 0 Å². The molecule has 38 heavy (non-hydrogen) atoms. The third kappa shape index (κ3) is 5.90. The van der Waals surface area contributed by atoms with Crippen LogP contribution >= 0.6 is 0 Å². The van der Waals surface area contributed by atoms with Gasteiger partial charge in [0.05, 0.1) is 12.1 Å². The number of alkyl halides is 3. The summed E-state index contributed by atoms with van der Waals surface area (Å²) in [6.07, 6.45) is -4.61. The number of carboxylic acid groups (broad SMARTS) is 1. The Kier molecular flexibility index (Phi) is 7.35. The van der Waals surface area contributed by atoms with Gasteiger partial charge in [-0.2, -0.15) is 13.2 Å². The Bertz CT molecular complexity index is 1270. The van der Waals surface area contributed by atoms with Gasteiger partial charge in [0, 0.05) is 30.2 Å². The Balaban J connectivity index is 1.58. The second-order valence-corrected chi connectivity index (χ2v) is 10.1. The molecule has 1 saturated heterocycles. The van der Waals surface area contributed by atoms with Gasteiger partial charge < -0.3 is 19.6 Å². The minimum atomic E-state index is -4.54. The SMILES string of the molecule is CC(C)(C)N(C(=O)C1CN(C(=O)O)CC1c1ccccc1)c1ccc(Oc2ccc(C(F)(F)F)nc2)cc1. The molecule has 2 amide bonds. The summed E-state index contributed by atoms with van der Waals surface area (Å²) in [6.45, 7) is 5.99. The number of carbonyl (C=O) groups excluding carboxylic acids is 1. The molecular formula is C28H28F3N3O4. The fourth-order valence-corrected chi connectivity index (χ4v) is 4.67. The number of anilines is 1. The van der Waals surface area contributed by atoms with Crippen molar-refractivity contribution in [3.63, 3.8) is 0 Å². The zero-order valence-electron chi connectivity index (χ0n) is 21.1. The van der Waals surface area contributed by atoms with Gasteiger partial charge in [0.1, 0.15) is 17.2 Å². The zero-order chi connectivity index (χ0) is 27.7. The quantitative estimate of drug-likeness (QED) is 0.414. The van der Waals surface area contributed by atoms with Crippen LogP contribution in [-0.2, 0) is 11.0 Å². The van der Waals surface area contributed by atoms with Crippen LogP contribution in [-0.4, -0.2) is 45.6 Å². The maximum absolute atomic E-state index is 14.0. The van der Waals surface area contributed by atoms with Gasteiger partial charge >= 0.3 is 12.3 Å². The van der Waals surface area contributed by atoms with Gasteiger partial charge in [0.25, 0.3) is 0 Å². The second kappa shape index (κ2) is 10.4. The number of hydrogen-bond acceptors (Lipinski definition) is 4. The van der Waals surface area contributed by atoms with Gasteiger partial charge in [0.15, 0.2) is 0 Å². The monoisotopic (exact) mass is 527 g/mol. The lowest BCUT2D eigenvalue weighted by molar-refractivity contribution is -0.141. The number of hydrogen-bond donors (Lipinski definition) is 1. The van der Waals surface area contributed by atoms with E-state index in [1.807, 2.05) is 51.1 Å². The van der Waals surface area contributed by atoms with Crippen molar-refractivity contribution in [3.8, 4) is 11.5 Å². The second-order valence-electron chi connectivity index (χ2n) is 10.1. The van der Waals surface area contributed by atoms with Crippen molar-refractivity contribution in [1.29, 1.82) is 0 Å². The Morgan fingerprint density at radius 1 is 0.947 bits per heavy atom. The third-order valence-electron chi connectivity index (χ3n) is 6.38. The van der Waals surface area contributed by atoms with Crippen molar-refractivity contribution in [3.05, 3.63) is 84.2 Å². The Morgan fingerprint density at radius 2 is 1.58 bits per heavy atom. The minimum Gasteiger partial charge on any atom is -0.465 e. The highest BCUT2D eigenvalue weighted by atomic mass is 19.4. The molecule has 1 aliphatic heterocycles. The largest absolute Gasteiger partial charge is 0.465 e. The van der Waals surface area contributed by atoms with E-state index in [0.717, 1.165) is 17.8 Å². The first-order valence-corrected chi connectivity index (χ1v) is 12.0. The molecule has 0 saturated carbocycles. The first kappa shape index (κ1) is 27.0. The first-order valence-electron chi connectivity index (χ1n) is 12.0. The fourth-order valence-electron chi connectivity index (χ4n) is 4.67.